The maximum absolute atomic E-state index is 12.5. The van der Waals surface area contributed by atoms with E-state index >= 15 is 0 Å². The fraction of sp³-hybridized carbons (Fsp3) is 0.619. The van der Waals surface area contributed by atoms with Gasteiger partial charge in [0, 0.05) is 58.7 Å². The molecule has 2 aliphatic rings. The Bertz CT molecular complexity index is 643. The second kappa shape index (κ2) is 11.6. The molecule has 1 aromatic rings. The van der Waals surface area contributed by atoms with Gasteiger partial charge in [0.1, 0.15) is 0 Å². The van der Waals surface area contributed by atoms with Gasteiger partial charge >= 0.3 is 0 Å². The molecule has 0 aromatic heterocycles. The SMILES string of the molecule is CCNC(=NCCCC(=O)N1Cc2ccccc2C1)N1CCC(COC)C1.I. The Morgan fingerprint density at radius 3 is 2.61 bits per heavy atom. The molecule has 0 spiro atoms. The molecule has 1 unspecified atom stereocenters. The lowest BCUT2D eigenvalue weighted by Crippen LogP contribution is -2.40. The van der Waals surface area contributed by atoms with E-state index in [0.717, 1.165) is 58.1 Å². The normalized spacial score (nSPS) is 18.8. The first-order valence-electron chi connectivity index (χ1n) is 10.1. The van der Waals surface area contributed by atoms with Crippen LogP contribution in [0.5, 0.6) is 0 Å². The summed E-state index contributed by atoms with van der Waals surface area (Å²) in [5.41, 5.74) is 2.55. The molecule has 1 saturated heterocycles. The molecule has 0 saturated carbocycles. The molecule has 0 radical (unpaired) electrons. The van der Waals surface area contributed by atoms with Crippen molar-refractivity contribution < 1.29 is 9.53 Å². The summed E-state index contributed by atoms with van der Waals surface area (Å²) >= 11 is 0. The Balaban J connectivity index is 0.00000280. The number of benzene rings is 1. The van der Waals surface area contributed by atoms with Crippen molar-refractivity contribution in [2.45, 2.75) is 39.3 Å². The lowest BCUT2D eigenvalue weighted by atomic mass is 10.1. The molecule has 3 rings (SSSR count). The first-order chi connectivity index (χ1) is 13.2. The number of rotatable bonds is 7. The van der Waals surface area contributed by atoms with Crippen LogP contribution in [0.1, 0.15) is 37.3 Å². The minimum atomic E-state index is 0. The molecule has 1 amide bonds. The Kier molecular flexibility index (Phi) is 9.50. The molecule has 1 atom stereocenters. The van der Waals surface area contributed by atoms with Crippen molar-refractivity contribution in [3.63, 3.8) is 0 Å². The van der Waals surface area contributed by atoms with Gasteiger partial charge < -0.3 is 19.9 Å². The molecule has 1 N–H and O–H groups in total. The third-order valence-electron chi connectivity index (χ3n) is 5.33. The maximum Gasteiger partial charge on any atom is 0.223 e. The summed E-state index contributed by atoms with van der Waals surface area (Å²) in [7, 11) is 1.76. The van der Waals surface area contributed by atoms with Crippen molar-refractivity contribution in [2.75, 3.05) is 39.9 Å². The molecular formula is C21H33IN4O2. The highest BCUT2D eigenvalue weighted by Gasteiger charge is 2.25. The summed E-state index contributed by atoms with van der Waals surface area (Å²) in [4.78, 5) is 21.5. The zero-order valence-electron chi connectivity index (χ0n) is 17.0. The van der Waals surface area contributed by atoms with Crippen molar-refractivity contribution in [3.8, 4) is 0 Å². The average molecular weight is 500 g/mol. The van der Waals surface area contributed by atoms with E-state index in [-0.39, 0.29) is 29.9 Å². The van der Waals surface area contributed by atoms with Gasteiger partial charge in [-0.3, -0.25) is 9.79 Å². The van der Waals surface area contributed by atoms with E-state index in [9.17, 15) is 4.79 Å². The molecular weight excluding hydrogens is 467 g/mol. The van der Waals surface area contributed by atoms with E-state index in [1.54, 1.807) is 7.11 Å². The van der Waals surface area contributed by atoms with Crippen molar-refractivity contribution in [2.24, 2.45) is 10.9 Å². The van der Waals surface area contributed by atoms with E-state index in [1.807, 2.05) is 17.0 Å². The van der Waals surface area contributed by atoms with Gasteiger partial charge in [0.2, 0.25) is 5.91 Å². The second-order valence-electron chi connectivity index (χ2n) is 7.41. The number of carbonyl (C=O) groups excluding carboxylic acids is 1. The lowest BCUT2D eigenvalue weighted by molar-refractivity contribution is -0.131. The number of aliphatic imine (C=N–C) groups is 1. The highest BCUT2D eigenvalue weighted by molar-refractivity contribution is 14.0. The zero-order chi connectivity index (χ0) is 19.1. The fourth-order valence-corrected chi connectivity index (χ4v) is 3.91. The van der Waals surface area contributed by atoms with Crippen molar-refractivity contribution in [3.05, 3.63) is 35.4 Å². The molecule has 0 bridgehead atoms. The Labute approximate surface area is 185 Å². The Hall–Kier alpha value is -1.35. The molecule has 28 heavy (non-hydrogen) atoms. The number of halogens is 1. The van der Waals surface area contributed by atoms with Gasteiger partial charge in [0.15, 0.2) is 5.96 Å². The number of guanidine groups is 1. The van der Waals surface area contributed by atoms with E-state index in [2.05, 4.69) is 29.3 Å². The van der Waals surface area contributed by atoms with Crippen LogP contribution in [0, 0.1) is 5.92 Å². The van der Waals surface area contributed by atoms with E-state index in [4.69, 9.17) is 9.73 Å². The van der Waals surface area contributed by atoms with Crippen LogP contribution in [-0.2, 0) is 22.6 Å². The molecule has 2 heterocycles. The summed E-state index contributed by atoms with van der Waals surface area (Å²) in [6.07, 6.45) is 2.49. The average Bonchev–Trinajstić information content (AvgIpc) is 3.31. The topological polar surface area (TPSA) is 57.2 Å². The first kappa shape index (κ1) is 22.9. The molecule has 7 heteroatoms. The van der Waals surface area contributed by atoms with Crippen LogP contribution in [0.25, 0.3) is 0 Å². The van der Waals surface area contributed by atoms with Gasteiger partial charge in [-0.2, -0.15) is 0 Å². The smallest absolute Gasteiger partial charge is 0.223 e. The van der Waals surface area contributed by atoms with E-state index < -0.39 is 0 Å². The Morgan fingerprint density at radius 2 is 1.96 bits per heavy atom. The van der Waals surface area contributed by atoms with Gasteiger partial charge in [-0.25, -0.2) is 0 Å². The van der Waals surface area contributed by atoms with Crippen LogP contribution in [0.2, 0.25) is 0 Å². The number of nitrogens with one attached hydrogen (secondary N) is 1. The van der Waals surface area contributed by atoms with Crippen LogP contribution in [0.15, 0.2) is 29.3 Å². The molecule has 156 valence electrons. The standard InChI is InChI=1S/C21H32N4O2.HI/c1-3-22-21(24-12-10-17(13-24)16-27-2)23-11-6-9-20(26)25-14-18-7-4-5-8-19(18)15-25;/h4-5,7-8,17H,3,6,9-16H2,1-2H3,(H,22,23);1H. The Morgan fingerprint density at radius 1 is 1.25 bits per heavy atom. The summed E-state index contributed by atoms with van der Waals surface area (Å²) in [6.45, 7) is 7.94. The molecule has 1 aromatic carbocycles. The second-order valence-corrected chi connectivity index (χ2v) is 7.41. The van der Waals surface area contributed by atoms with Gasteiger partial charge in [-0.05, 0) is 30.9 Å². The minimum absolute atomic E-state index is 0. The molecule has 0 aliphatic carbocycles. The quantitative estimate of drug-likeness (QED) is 0.271. The van der Waals surface area contributed by atoms with Crippen molar-refractivity contribution in [1.29, 1.82) is 0 Å². The highest BCUT2D eigenvalue weighted by atomic mass is 127. The van der Waals surface area contributed by atoms with Crippen molar-refractivity contribution >= 4 is 35.8 Å². The summed E-state index contributed by atoms with van der Waals surface area (Å²) < 4.78 is 5.28. The third kappa shape index (κ3) is 6.07. The van der Waals surface area contributed by atoms with E-state index in [1.165, 1.54) is 11.1 Å². The molecule has 2 aliphatic heterocycles. The van der Waals surface area contributed by atoms with Gasteiger partial charge in [0.25, 0.3) is 0 Å². The number of hydrogen-bond acceptors (Lipinski definition) is 3. The molecule has 1 fully saturated rings. The largest absolute Gasteiger partial charge is 0.384 e. The summed E-state index contributed by atoms with van der Waals surface area (Å²) in [5.74, 6) is 1.78. The van der Waals surface area contributed by atoms with Crippen LogP contribution in [0.4, 0.5) is 0 Å². The van der Waals surface area contributed by atoms with E-state index in [0.29, 0.717) is 18.9 Å². The lowest BCUT2D eigenvalue weighted by Gasteiger charge is -2.21. The number of nitrogens with zero attached hydrogens (tertiary/aromatic N) is 3. The van der Waals surface area contributed by atoms with Crippen LogP contribution in [-0.4, -0.2) is 61.6 Å². The predicted molar refractivity (Wildman–Crippen MR) is 123 cm³/mol. The number of amides is 1. The highest BCUT2D eigenvalue weighted by Crippen LogP contribution is 2.23. The van der Waals surface area contributed by atoms with Crippen LogP contribution in [0.3, 0.4) is 0 Å². The summed E-state index contributed by atoms with van der Waals surface area (Å²) in [5, 5.41) is 3.38. The minimum Gasteiger partial charge on any atom is -0.384 e. The number of likely N-dealkylation sites (tertiary alicyclic amines) is 1. The number of ether oxygens (including phenoxy) is 1. The van der Waals surface area contributed by atoms with Gasteiger partial charge in [-0.15, -0.1) is 24.0 Å². The number of fused-ring (bicyclic) bond motifs is 1. The fourth-order valence-electron chi connectivity index (χ4n) is 3.91. The first-order valence-corrected chi connectivity index (χ1v) is 10.1. The molecule has 6 nitrogen and oxygen atoms in total. The number of methoxy groups -OCH3 is 1. The van der Waals surface area contributed by atoms with Gasteiger partial charge in [-0.1, -0.05) is 24.3 Å². The monoisotopic (exact) mass is 500 g/mol. The zero-order valence-corrected chi connectivity index (χ0v) is 19.4. The third-order valence-corrected chi connectivity index (χ3v) is 5.33. The number of carbonyl (C=O) groups is 1. The summed E-state index contributed by atoms with van der Waals surface area (Å²) in [6, 6.07) is 8.31. The van der Waals surface area contributed by atoms with Crippen molar-refractivity contribution in [1.82, 2.24) is 15.1 Å². The predicted octanol–water partition coefficient (Wildman–Crippen LogP) is 2.86. The van der Waals surface area contributed by atoms with Crippen LogP contribution >= 0.6 is 24.0 Å². The maximum atomic E-state index is 12.5. The van der Waals surface area contributed by atoms with Gasteiger partial charge in [0.05, 0.1) is 6.61 Å². The van der Waals surface area contributed by atoms with Crippen LogP contribution < -0.4 is 5.32 Å². The number of hydrogen-bond donors (Lipinski definition) is 1.